The van der Waals surface area contributed by atoms with Crippen LogP contribution in [0.4, 0.5) is 4.39 Å². The van der Waals surface area contributed by atoms with Crippen LogP contribution in [-0.4, -0.2) is 14.7 Å². The lowest BCUT2D eigenvalue weighted by atomic mass is 10.1. The highest BCUT2D eigenvalue weighted by atomic mass is 19.1. The third-order valence-electron chi connectivity index (χ3n) is 5.52. The molecule has 0 N–H and O–H groups in total. The molecule has 0 atom stereocenters. The monoisotopic (exact) mass is 455 g/mol. The van der Waals surface area contributed by atoms with Crippen molar-refractivity contribution in [2.75, 3.05) is 0 Å². The highest BCUT2D eigenvalue weighted by Gasteiger charge is 2.18. The summed E-state index contributed by atoms with van der Waals surface area (Å²) in [5, 5.41) is 4.33. The van der Waals surface area contributed by atoms with Crippen LogP contribution < -0.4 is 10.2 Å². The Labute approximate surface area is 195 Å². The first-order valence-corrected chi connectivity index (χ1v) is 11.1. The molecule has 0 saturated carbocycles. The molecular weight excluding hydrogens is 433 g/mol. The standard InChI is InChI=1S/C27H22FN3O3/c1-2-14-31-16-23(25(32)22-15-20(28)10-13-24(22)31)27-29-26(30-34-27)19-8-11-21(12-9-19)33-17-18-6-4-3-5-7-18/h3-13,15-16H,2,14,17H2,1H3. The first-order chi connectivity index (χ1) is 16.6. The zero-order valence-electron chi connectivity index (χ0n) is 18.6. The third-order valence-corrected chi connectivity index (χ3v) is 5.52. The Balaban J connectivity index is 1.42. The van der Waals surface area contributed by atoms with Gasteiger partial charge in [0.25, 0.3) is 5.89 Å². The molecule has 3 aromatic carbocycles. The summed E-state index contributed by atoms with van der Waals surface area (Å²) in [6.07, 6.45) is 2.55. The Morgan fingerprint density at radius 1 is 1.03 bits per heavy atom. The number of halogens is 1. The fourth-order valence-corrected chi connectivity index (χ4v) is 3.84. The lowest BCUT2D eigenvalue weighted by molar-refractivity contribution is 0.306. The molecule has 34 heavy (non-hydrogen) atoms. The molecule has 2 heterocycles. The van der Waals surface area contributed by atoms with Crippen LogP contribution in [0.1, 0.15) is 18.9 Å². The summed E-state index contributed by atoms with van der Waals surface area (Å²) < 4.78 is 27.0. The molecule has 0 unspecified atom stereocenters. The summed E-state index contributed by atoms with van der Waals surface area (Å²) in [6, 6.07) is 21.5. The summed E-state index contributed by atoms with van der Waals surface area (Å²) in [7, 11) is 0. The third kappa shape index (κ3) is 4.32. The first-order valence-electron chi connectivity index (χ1n) is 11.1. The average Bonchev–Trinajstić information content (AvgIpc) is 3.36. The van der Waals surface area contributed by atoms with Gasteiger partial charge in [-0.25, -0.2) is 4.39 Å². The molecule has 6 nitrogen and oxygen atoms in total. The number of pyridine rings is 1. The maximum absolute atomic E-state index is 13.9. The van der Waals surface area contributed by atoms with Crippen molar-refractivity contribution >= 4 is 10.9 Å². The first kappa shape index (κ1) is 21.6. The molecule has 5 rings (SSSR count). The van der Waals surface area contributed by atoms with Gasteiger partial charge in [-0.1, -0.05) is 42.4 Å². The number of aryl methyl sites for hydroxylation is 1. The largest absolute Gasteiger partial charge is 0.489 e. The van der Waals surface area contributed by atoms with Gasteiger partial charge in [0.15, 0.2) is 0 Å². The highest BCUT2D eigenvalue weighted by molar-refractivity contribution is 5.83. The summed E-state index contributed by atoms with van der Waals surface area (Å²) in [6.45, 7) is 3.17. The Bertz CT molecular complexity index is 1490. The molecular formula is C27H22FN3O3. The van der Waals surface area contributed by atoms with Crippen molar-refractivity contribution in [3.05, 3.63) is 101 Å². The molecule has 0 spiro atoms. The van der Waals surface area contributed by atoms with Crippen LogP contribution in [0, 0.1) is 5.82 Å². The van der Waals surface area contributed by atoms with E-state index in [0.717, 1.165) is 23.3 Å². The molecule has 170 valence electrons. The number of ether oxygens (including phenoxy) is 1. The smallest absolute Gasteiger partial charge is 0.263 e. The van der Waals surface area contributed by atoms with Gasteiger partial charge in [0.2, 0.25) is 11.3 Å². The van der Waals surface area contributed by atoms with Crippen molar-refractivity contribution < 1.29 is 13.7 Å². The lowest BCUT2D eigenvalue weighted by Gasteiger charge is -2.11. The Morgan fingerprint density at radius 3 is 2.59 bits per heavy atom. The van der Waals surface area contributed by atoms with E-state index >= 15 is 0 Å². The van der Waals surface area contributed by atoms with Gasteiger partial charge in [0.05, 0.1) is 5.52 Å². The molecule has 2 aromatic heterocycles. The van der Waals surface area contributed by atoms with Crippen molar-refractivity contribution in [1.29, 1.82) is 0 Å². The van der Waals surface area contributed by atoms with Crippen molar-refractivity contribution in [3.8, 4) is 28.6 Å². The SMILES string of the molecule is CCCn1cc(-c2nc(-c3ccc(OCc4ccccc4)cc3)no2)c(=O)c2cc(F)ccc21. The fourth-order valence-electron chi connectivity index (χ4n) is 3.84. The summed E-state index contributed by atoms with van der Waals surface area (Å²) in [5.41, 5.74) is 2.37. The minimum atomic E-state index is -0.467. The quantitative estimate of drug-likeness (QED) is 0.308. The Kier molecular flexibility index (Phi) is 5.91. The second kappa shape index (κ2) is 9.31. The Morgan fingerprint density at radius 2 is 1.82 bits per heavy atom. The molecule has 0 aliphatic rings. The van der Waals surface area contributed by atoms with E-state index in [4.69, 9.17) is 9.26 Å². The molecule has 7 heteroatoms. The van der Waals surface area contributed by atoms with Crippen LogP contribution in [0.15, 0.2) is 88.3 Å². The average molecular weight is 455 g/mol. The fraction of sp³-hybridized carbons (Fsp3) is 0.148. The Hall–Kier alpha value is -4.26. The predicted molar refractivity (Wildman–Crippen MR) is 128 cm³/mol. The van der Waals surface area contributed by atoms with Crippen LogP contribution in [0.3, 0.4) is 0 Å². The number of hydrogen-bond donors (Lipinski definition) is 0. The van der Waals surface area contributed by atoms with E-state index in [9.17, 15) is 9.18 Å². The topological polar surface area (TPSA) is 70.2 Å². The van der Waals surface area contributed by atoms with Gasteiger partial charge in [-0.2, -0.15) is 4.98 Å². The van der Waals surface area contributed by atoms with Gasteiger partial charge in [0.1, 0.15) is 23.7 Å². The number of aromatic nitrogens is 3. The van der Waals surface area contributed by atoms with Gasteiger partial charge in [-0.05, 0) is 54.4 Å². The maximum Gasteiger partial charge on any atom is 0.263 e. The van der Waals surface area contributed by atoms with E-state index < -0.39 is 5.82 Å². The van der Waals surface area contributed by atoms with Gasteiger partial charge >= 0.3 is 0 Å². The number of hydrogen-bond acceptors (Lipinski definition) is 5. The van der Waals surface area contributed by atoms with Crippen LogP contribution >= 0.6 is 0 Å². The van der Waals surface area contributed by atoms with E-state index in [-0.39, 0.29) is 22.3 Å². The minimum Gasteiger partial charge on any atom is -0.489 e. The van der Waals surface area contributed by atoms with Gasteiger partial charge in [-0.3, -0.25) is 4.79 Å². The number of rotatable bonds is 7. The molecule has 0 aliphatic heterocycles. The molecule has 0 radical (unpaired) electrons. The lowest BCUT2D eigenvalue weighted by Crippen LogP contribution is -2.12. The van der Waals surface area contributed by atoms with E-state index in [0.29, 0.717) is 24.5 Å². The molecule has 0 aliphatic carbocycles. The van der Waals surface area contributed by atoms with Crippen LogP contribution in [-0.2, 0) is 13.2 Å². The van der Waals surface area contributed by atoms with E-state index in [2.05, 4.69) is 10.1 Å². The number of benzene rings is 3. The summed E-state index contributed by atoms with van der Waals surface area (Å²) in [4.78, 5) is 17.5. The summed E-state index contributed by atoms with van der Waals surface area (Å²) in [5.74, 6) is 0.701. The molecule has 0 bridgehead atoms. The predicted octanol–water partition coefficient (Wildman–Crippen LogP) is 5.85. The van der Waals surface area contributed by atoms with Crippen molar-refractivity contribution in [1.82, 2.24) is 14.7 Å². The van der Waals surface area contributed by atoms with Gasteiger partial charge < -0.3 is 13.8 Å². The second-order valence-electron chi connectivity index (χ2n) is 7.95. The van der Waals surface area contributed by atoms with E-state index in [1.807, 2.05) is 66.1 Å². The van der Waals surface area contributed by atoms with E-state index in [1.165, 1.54) is 12.1 Å². The van der Waals surface area contributed by atoms with E-state index in [1.54, 1.807) is 12.3 Å². The van der Waals surface area contributed by atoms with Crippen LogP contribution in [0.25, 0.3) is 33.7 Å². The van der Waals surface area contributed by atoms with Gasteiger partial charge in [0, 0.05) is 23.7 Å². The van der Waals surface area contributed by atoms with Crippen molar-refractivity contribution in [2.45, 2.75) is 26.5 Å². The molecule has 0 amide bonds. The number of fused-ring (bicyclic) bond motifs is 1. The zero-order valence-corrected chi connectivity index (χ0v) is 18.6. The molecule has 5 aromatic rings. The second-order valence-corrected chi connectivity index (χ2v) is 7.95. The normalized spacial score (nSPS) is 11.1. The number of nitrogens with zero attached hydrogens (tertiary/aromatic N) is 3. The molecule has 0 saturated heterocycles. The highest BCUT2D eigenvalue weighted by Crippen LogP contribution is 2.25. The maximum atomic E-state index is 13.9. The van der Waals surface area contributed by atoms with Crippen molar-refractivity contribution in [2.24, 2.45) is 0 Å². The van der Waals surface area contributed by atoms with Gasteiger partial charge in [-0.15, -0.1) is 0 Å². The zero-order chi connectivity index (χ0) is 23.5. The molecule has 0 fully saturated rings. The minimum absolute atomic E-state index is 0.0976. The van der Waals surface area contributed by atoms with Crippen molar-refractivity contribution in [3.63, 3.8) is 0 Å². The summed E-state index contributed by atoms with van der Waals surface area (Å²) >= 11 is 0. The van der Waals surface area contributed by atoms with Crippen LogP contribution in [0.2, 0.25) is 0 Å². The van der Waals surface area contributed by atoms with Crippen LogP contribution in [0.5, 0.6) is 5.75 Å².